The maximum Gasteiger partial charge on any atom is 0.317 e. The second-order valence-electron chi connectivity index (χ2n) is 8.68. The van der Waals surface area contributed by atoms with Crippen LogP contribution in [0.15, 0.2) is 24.5 Å². The Kier molecular flexibility index (Phi) is 6.01. The second-order valence-corrected chi connectivity index (χ2v) is 8.68. The summed E-state index contributed by atoms with van der Waals surface area (Å²) >= 11 is 0. The molecule has 2 amide bonds. The van der Waals surface area contributed by atoms with Gasteiger partial charge < -0.3 is 15.5 Å². The molecule has 2 atom stereocenters. The molecule has 5 rings (SSSR count). The van der Waals surface area contributed by atoms with Crippen molar-refractivity contribution in [1.82, 2.24) is 35.4 Å². The summed E-state index contributed by atoms with van der Waals surface area (Å²) in [5.74, 6) is -0.0964. The van der Waals surface area contributed by atoms with Gasteiger partial charge in [-0.25, -0.2) is 28.5 Å². The van der Waals surface area contributed by atoms with E-state index in [4.69, 9.17) is 0 Å². The van der Waals surface area contributed by atoms with E-state index in [1.165, 1.54) is 0 Å². The summed E-state index contributed by atoms with van der Waals surface area (Å²) in [7, 11) is 0. The molecule has 2 fully saturated rings. The summed E-state index contributed by atoms with van der Waals surface area (Å²) in [5.41, 5.74) is 1.11. The van der Waals surface area contributed by atoms with E-state index in [0.717, 1.165) is 30.8 Å². The SMILES string of the molecule is O=C(N[C@@H]1CCC[C@H](Nc2nc(-c3[nH]nc4ncccc34)ncc2F)C1)N1CCC(F)CC1. The molecule has 0 bridgehead atoms. The number of anilines is 1. The number of hydrogen-bond acceptors (Lipinski definition) is 6. The number of aromatic nitrogens is 5. The average molecular weight is 457 g/mol. The maximum absolute atomic E-state index is 14.5. The average Bonchev–Trinajstić information content (AvgIpc) is 3.25. The summed E-state index contributed by atoms with van der Waals surface area (Å²) in [5, 5.41) is 14.0. The summed E-state index contributed by atoms with van der Waals surface area (Å²) in [4.78, 5) is 26.9. The van der Waals surface area contributed by atoms with Gasteiger partial charge in [0, 0.05) is 36.8 Å². The van der Waals surface area contributed by atoms with E-state index >= 15 is 0 Å². The zero-order valence-electron chi connectivity index (χ0n) is 18.1. The standard InChI is InChI=1S/C22H26F2N8O/c23-13-6-9-32(10-7-13)22(33)28-15-4-1-3-14(11-15)27-20-17(24)12-26-21(29-20)18-16-5-2-8-25-19(16)31-30-18/h2,5,8,12-15H,1,3-4,6-7,9-11H2,(H,28,33)(H,25,30,31)(H,26,27,29)/t14-,15+/m0/s1. The van der Waals surface area contributed by atoms with Gasteiger partial charge in [-0.2, -0.15) is 5.10 Å². The molecule has 174 valence electrons. The van der Waals surface area contributed by atoms with Crippen LogP contribution in [0.4, 0.5) is 19.4 Å². The van der Waals surface area contributed by atoms with Crippen molar-refractivity contribution in [3.63, 3.8) is 0 Å². The van der Waals surface area contributed by atoms with Crippen LogP contribution in [0.1, 0.15) is 38.5 Å². The van der Waals surface area contributed by atoms with Crippen LogP contribution >= 0.6 is 0 Å². The Morgan fingerprint density at radius 2 is 1.97 bits per heavy atom. The fraction of sp³-hybridized carbons (Fsp3) is 0.500. The molecular weight excluding hydrogens is 430 g/mol. The number of hydrogen-bond donors (Lipinski definition) is 3. The molecule has 3 N–H and O–H groups in total. The van der Waals surface area contributed by atoms with Crippen molar-refractivity contribution in [2.75, 3.05) is 18.4 Å². The molecule has 0 radical (unpaired) electrons. The number of carbonyl (C=O) groups excluding carboxylic acids is 1. The number of nitrogens with zero attached hydrogens (tertiary/aromatic N) is 5. The van der Waals surface area contributed by atoms with Crippen LogP contribution < -0.4 is 10.6 Å². The third kappa shape index (κ3) is 4.71. The highest BCUT2D eigenvalue weighted by molar-refractivity contribution is 5.88. The molecule has 4 heterocycles. The minimum absolute atomic E-state index is 0.0288. The summed E-state index contributed by atoms with van der Waals surface area (Å²) in [6.45, 7) is 0.877. The van der Waals surface area contributed by atoms with Crippen molar-refractivity contribution in [2.24, 2.45) is 0 Å². The third-order valence-electron chi connectivity index (χ3n) is 6.35. The van der Waals surface area contributed by atoms with Gasteiger partial charge in [-0.1, -0.05) is 0 Å². The summed E-state index contributed by atoms with van der Waals surface area (Å²) in [6.07, 6.45) is 5.99. The summed E-state index contributed by atoms with van der Waals surface area (Å²) < 4.78 is 27.9. The Labute approximate surface area is 189 Å². The lowest BCUT2D eigenvalue weighted by molar-refractivity contribution is 0.148. The minimum atomic E-state index is -0.819. The van der Waals surface area contributed by atoms with Crippen molar-refractivity contribution < 1.29 is 13.6 Å². The number of likely N-dealkylation sites (tertiary alicyclic amines) is 1. The number of nitrogens with one attached hydrogen (secondary N) is 3. The second kappa shape index (κ2) is 9.24. The number of pyridine rings is 1. The van der Waals surface area contributed by atoms with Gasteiger partial charge >= 0.3 is 6.03 Å². The number of H-pyrrole nitrogens is 1. The Morgan fingerprint density at radius 3 is 2.82 bits per heavy atom. The van der Waals surface area contributed by atoms with Crippen LogP contribution in [0, 0.1) is 5.82 Å². The highest BCUT2D eigenvalue weighted by atomic mass is 19.1. The smallest absolute Gasteiger partial charge is 0.317 e. The molecule has 0 spiro atoms. The number of carbonyl (C=O) groups is 1. The number of piperidine rings is 1. The fourth-order valence-electron chi connectivity index (χ4n) is 4.57. The minimum Gasteiger partial charge on any atom is -0.365 e. The van der Waals surface area contributed by atoms with Gasteiger partial charge in [-0.3, -0.25) is 5.10 Å². The van der Waals surface area contributed by atoms with Crippen molar-refractivity contribution in [2.45, 2.75) is 56.8 Å². The van der Waals surface area contributed by atoms with E-state index in [2.05, 4.69) is 35.8 Å². The van der Waals surface area contributed by atoms with E-state index in [1.807, 2.05) is 6.07 Å². The third-order valence-corrected chi connectivity index (χ3v) is 6.35. The van der Waals surface area contributed by atoms with Gasteiger partial charge in [-0.15, -0.1) is 0 Å². The van der Waals surface area contributed by atoms with Gasteiger partial charge in [0.15, 0.2) is 23.1 Å². The molecule has 1 aliphatic carbocycles. The van der Waals surface area contributed by atoms with Gasteiger partial charge in [0.1, 0.15) is 11.9 Å². The lowest BCUT2D eigenvalue weighted by atomic mass is 9.91. The van der Waals surface area contributed by atoms with Crippen LogP contribution in [0.2, 0.25) is 0 Å². The van der Waals surface area contributed by atoms with E-state index in [-0.39, 0.29) is 23.9 Å². The molecule has 1 saturated heterocycles. The van der Waals surface area contributed by atoms with Gasteiger partial charge in [-0.05, 0) is 50.7 Å². The Morgan fingerprint density at radius 1 is 1.15 bits per heavy atom. The number of halogens is 2. The Bertz CT molecular complexity index is 1130. The predicted octanol–water partition coefficient (Wildman–Crippen LogP) is 3.42. The zero-order chi connectivity index (χ0) is 22.8. The number of rotatable bonds is 4. The van der Waals surface area contributed by atoms with Crippen LogP contribution in [0.5, 0.6) is 0 Å². The molecule has 33 heavy (non-hydrogen) atoms. The highest BCUT2D eigenvalue weighted by Crippen LogP contribution is 2.26. The van der Waals surface area contributed by atoms with E-state index < -0.39 is 12.0 Å². The molecule has 0 unspecified atom stereocenters. The lowest BCUT2D eigenvalue weighted by Gasteiger charge is -2.34. The van der Waals surface area contributed by atoms with Crippen LogP contribution in [0.3, 0.4) is 0 Å². The largest absolute Gasteiger partial charge is 0.365 e. The zero-order valence-corrected chi connectivity index (χ0v) is 18.1. The van der Waals surface area contributed by atoms with Crippen LogP contribution in [-0.2, 0) is 0 Å². The van der Waals surface area contributed by atoms with Crippen molar-refractivity contribution in [3.8, 4) is 11.5 Å². The first-order valence-electron chi connectivity index (χ1n) is 11.3. The first-order chi connectivity index (χ1) is 16.1. The molecule has 3 aromatic heterocycles. The van der Waals surface area contributed by atoms with Gasteiger partial charge in [0.05, 0.1) is 6.20 Å². The molecule has 9 nitrogen and oxygen atoms in total. The molecular formula is C22H26F2N8O. The number of fused-ring (bicyclic) bond motifs is 1. The molecule has 11 heteroatoms. The summed E-state index contributed by atoms with van der Waals surface area (Å²) in [6, 6.07) is 3.42. The van der Waals surface area contributed by atoms with Crippen molar-refractivity contribution in [3.05, 3.63) is 30.3 Å². The monoisotopic (exact) mass is 456 g/mol. The maximum atomic E-state index is 14.5. The highest BCUT2D eigenvalue weighted by Gasteiger charge is 2.28. The molecule has 1 aliphatic heterocycles. The molecule has 2 aliphatic rings. The van der Waals surface area contributed by atoms with E-state index in [1.54, 1.807) is 17.2 Å². The van der Waals surface area contributed by atoms with Crippen molar-refractivity contribution in [1.29, 1.82) is 0 Å². The van der Waals surface area contributed by atoms with Gasteiger partial charge in [0.2, 0.25) is 0 Å². The van der Waals surface area contributed by atoms with Gasteiger partial charge in [0.25, 0.3) is 0 Å². The number of aromatic amines is 1. The lowest BCUT2D eigenvalue weighted by Crippen LogP contribution is -2.50. The Balaban J connectivity index is 1.25. The van der Waals surface area contributed by atoms with Crippen LogP contribution in [-0.4, -0.2) is 67.4 Å². The van der Waals surface area contributed by atoms with Crippen LogP contribution in [0.25, 0.3) is 22.6 Å². The Hall–Kier alpha value is -3.37. The van der Waals surface area contributed by atoms with E-state index in [9.17, 15) is 13.6 Å². The van der Waals surface area contributed by atoms with Crippen molar-refractivity contribution >= 4 is 22.9 Å². The molecule has 3 aromatic rings. The topological polar surface area (TPSA) is 112 Å². The first-order valence-corrected chi connectivity index (χ1v) is 11.3. The molecule has 0 aromatic carbocycles. The quantitative estimate of drug-likeness (QED) is 0.555. The first kappa shape index (κ1) is 21.5. The fourth-order valence-corrected chi connectivity index (χ4v) is 4.57. The molecule has 1 saturated carbocycles. The van der Waals surface area contributed by atoms with E-state index in [0.29, 0.717) is 49.5 Å². The normalized spacial score (nSPS) is 21.8. The number of amides is 2. The predicted molar refractivity (Wildman–Crippen MR) is 119 cm³/mol. The number of urea groups is 1. The number of alkyl halides is 1.